The Labute approximate surface area is 186 Å². The van der Waals surface area contributed by atoms with Crippen LogP contribution in [0.15, 0.2) is 78.9 Å². The van der Waals surface area contributed by atoms with Crippen LogP contribution in [0.25, 0.3) is 22.2 Å². The van der Waals surface area contributed by atoms with E-state index in [-0.39, 0.29) is 13.2 Å². The van der Waals surface area contributed by atoms with E-state index in [2.05, 4.69) is 5.32 Å². The minimum Gasteiger partial charge on any atom is -0.497 e. The van der Waals surface area contributed by atoms with E-state index in [9.17, 15) is 9.59 Å². The lowest BCUT2D eigenvalue weighted by Gasteiger charge is -2.10. The Morgan fingerprint density at radius 3 is 2.41 bits per heavy atom. The zero-order valence-electron chi connectivity index (χ0n) is 18.0. The number of ketones is 1. The first-order valence-corrected chi connectivity index (χ1v) is 10.3. The highest BCUT2D eigenvalue weighted by atomic mass is 16.5. The molecule has 0 unspecified atom stereocenters. The summed E-state index contributed by atoms with van der Waals surface area (Å²) in [5, 5.41) is 3.43. The third-order valence-corrected chi connectivity index (χ3v) is 5.29. The molecule has 0 spiro atoms. The SMILES string of the molecule is COc1cccc(OCCNC(=O)C(=O)c2c(-c3ccccc3)n(C)c3ccccc23)c1. The van der Waals surface area contributed by atoms with Gasteiger partial charge in [-0.25, -0.2) is 0 Å². The minimum absolute atomic E-state index is 0.202. The van der Waals surface area contributed by atoms with Gasteiger partial charge in [-0.3, -0.25) is 9.59 Å². The van der Waals surface area contributed by atoms with Gasteiger partial charge in [-0.05, 0) is 23.8 Å². The molecule has 162 valence electrons. The molecule has 1 N–H and O–H groups in total. The van der Waals surface area contributed by atoms with E-state index in [0.29, 0.717) is 17.1 Å². The number of hydrogen-bond donors (Lipinski definition) is 1. The molecule has 3 aromatic carbocycles. The summed E-state index contributed by atoms with van der Waals surface area (Å²) in [5.41, 5.74) is 2.90. The van der Waals surface area contributed by atoms with Crippen molar-refractivity contribution in [3.8, 4) is 22.8 Å². The summed E-state index contributed by atoms with van der Waals surface area (Å²) in [4.78, 5) is 26.0. The van der Waals surface area contributed by atoms with Gasteiger partial charge in [0.25, 0.3) is 11.7 Å². The molecule has 0 aliphatic heterocycles. The largest absolute Gasteiger partial charge is 0.497 e. The van der Waals surface area contributed by atoms with Crippen LogP contribution in [-0.2, 0) is 11.8 Å². The Balaban J connectivity index is 1.52. The molecule has 6 heteroatoms. The van der Waals surface area contributed by atoms with E-state index < -0.39 is 11.7 Å². The Morgan fingerprint density at radius 1 is 0.906 bits per heavy atom. The normalized spacial score (nSPS) is 10.7. The summed E-state index contributed by atoms with van der Waals surface area (Å²) >= 11 is 0. The summed E-state index contributed by atoms with van der Waals surface area (Å²) in [6.45, 7) is 0.431. The molecule has 0 fully saturated rings. The van der Waals surface area contributed by atoms with Gasteiger partial charge in [-0.2, -0.15) is 0 Å². The number of aromatic nitrogens is 1. The first-order valence-electron chi connectivity index (χ1n) is 10.3. The van der Waals surface area contributed by atoms with Gasteiger partial charge in [-0.1, -0.05) is 54.6 Å². The molecule has 4 aromatic rings. The number of ether oxygens (including phenoxy) is 2. The van der Waals surface area contributed by atoms with Crippen LogP contribution in [0.5, 0.6) is 11.5 Å². The zero-order valence-corrected chi connectivity index (χ0v) is 18.0. The van der Waals surface area contributed by atoms with E-state index in [1.807, 2.05) is 78.3 Å². The fourth-order valence-corrected chi connectivity index (χ4v) is 3.78. The van der Waals surface area contributed by atoms with Crippen molar-refractivity contribution in [1.82, 2.24) is 9.88 Å². The fourth-order valence-electron chi connectivity index (χ4n) is 3.78. The van der Waals surface area contributed by atoms with Crippen molar-refractivity contribution < 1.29 is 19.1 Å². The number of carbonyl (C=O) groups is 2. The molecule has 0 radical (unpaired) electrons. The highest BCUT2D eigenvalue weighted by molar-refractivity contribution is 6.46. The first kappa shape index (κ1) is 21.2. The maximum atomic E-state index is 13.2. The molecule has 1 amide bonds. The van der Waals surface area contributed by atoms with Gasteiger partial charge in [0.05, 0.1) is 24.9 Å². The molecular formula is C26H24N2O4. The topological polar surface area (TPSA) is 69.6 Å². The number of amides is 1. The van der Waals surface area contributed by atoms with Gasteiger partial charge in [0.1, 0.15) is 18.1 Å². The van der Waals surface area contributed by atoms with Crippen LogP contribution in [0.4, 0.5) is 0 Å². The third-order valence-electron chi connectivity index (χ3n) is 5.29. The Hall–Kier alpha value is -4.06. The summed E-state index contributed by atoms with van der Waals surface area (Å²) < 4.78 is 12.8. The standard InChI is InChI=1S/C26H24N2O4/c1-28-22-14-7-6-13-21(22)23(24(28)18-9-4-3-5-10-18)25(29)26(30)27-15-16-32-20-12-8-11-19(17-20)31-2/h3-14,17H,15-16H2,1-2H3,(H,27,30). The number of carbonyl (C=O) groups excluding carboxylic acids is 2. The molecule has 0 saturated heterocycles. The van der Waals surface area contributed by atoms with Crippen molar-refractivity contribution >= 4 is 22.6 Å². The molecule has 1 heterocycles. The van der Waals surface area contributed by atoms with Gasteiger partial charge >= 0.3 is 0 Å². The Morgan fingerprint density at radius 2 is 1.62 bits per heavy atom. The van der Waals surface area contributed by atoms with Gasteiger partial charge in [0.15, 0.2) is 0 Å². The zero-order chi connectivity index (χ0) is 22.5. The lowest BCUT2D eigenvalue weighted by Crippen LogP contribution is -2.34. The second-order valence-electron chi connectivity index (χ2n) is 7.28. The molecular weight excluding hydrogens is 404 g/mol. The number of rotatable bonds is 8. The summed E-state index contributed by atoms with van der Waals surface area (Å²) in [7, 11) is 3.49. The van der Waals surface area contributed by atoms with Crippen molar-refractivity contribution in [2.45, 2.75) is 0 Å². The van der Waals surface area contributed by atoms with Crippen LogP contribution in [0.3, 0.4) is 0 Å². The molecule has 32 heavy (non-hydrogen) atoms. The van der Waals surface area contributed by atoms with Crippen molar-refractivity contribution in [3.05, 3.63) is 84.4 Å². The second-order valence-corrected chi connectivity index (χ2v) is 7.28. The Kier molecular flexibility index (Phi) is 6.22. The lowest BCUT2D eigenvalue weighted by molar-refractivity contribution is -0.117. The summed E-state index contributed by atoms with van der Waals surface area (Å²) in [5.74, 6) is 0.0891. The van der Waals surface area contributed by atoms with Crippen molar-refractivity contribution in [1.29, 1.82) is 0 Å². The average molecular weight is 428 g/mol. The van der Waals surface area contributed by atoms with Crippen LogP contribution < -0.4 is 14.8 Å². The highest BCUT2D eigenvalue weighted by Crippen LogP contribution is 2.33. The number of para-hydroxylation sites is 1. The highest BCUT2D eigenvalue weighted by Gasteiger charge is 2.26. The van der Waals surface area contributed by atoms with E-state index >= 15 is 0 Å². The summed E-state index contributed by atoms with van der Waals surface area (Å²) in [6.07, 6.45) is 0. The van der Waals surface area contributed by atoms with Crippen LogP contribution in [0.1, 0.15) is 10.4 Å². The van der Waals surface area contributed by atoms with Crippen molar-refractivity contribution in [3.63, 3.8) is 0 Å². The lowest BCUT2D eigenvalue weighted by atomic mass is 10.0. The van der Waals surface area contributed by atoms with E-state index in [4.69, 9.17) is 9.47 Å². The predicted molar refractivity (Wildman–Crippen MR) is 124 cm³/mol. The van der Waals surface area contributed by atoms with Gasteiger partial charge in [-0.15, -0.1) is 0 Å². The van der Waals surface area contributed by atoms with E-state index in [0.717, 1.165) is 22.2 Å². The number of methoxy groups -OCH3 is 1. The number of hydrogen-bond acceptors (Lipinski definition) is 4. The molecule has 4 rings (SSSR count). The minimum atomic E-state index is -0.659. The molecule has 0 saturated carbocycles. The molecule has 1 aromatic heterocycles. The average Bonchev–Trinajstić information content (AvgIpc) is 3.14. The van der Waals surface area contributed by atoms with E-state index in [1.165, 1.54) is 0 Å². The number of benzene rings is 3. The fraction of sp³-hybridized carbons (Fsp3) is 0.154. The van der Waals surface area contributed by atoms with Gasteiger partial charge in [0.2, 0.25) is 0 Å². The first-order chi connectivity index (χ1) is 15.6. The third kappa shape index (κ3) is 4.21. The second kappa shape index (κ2) is 9.39. The smallest absolute Gasteiger partial charge is 0.292 e. The number of nitrogens with zero attached hydrogens (tertiary/aromatic N) is 1. The predicted octanol–water partition coefficient (Wildman–Crippen LogP) is 4.23. The van der Waals surface area contributed by atoms with Crippen LogP contribution in [0, 0.1) is 0 Å². The van der Waals surface area contributed by atoms with Crippen LogP contribution >= 0.6 is 0 Å². The van der Waals surface area contributed by atoms with E-state index in [1.54, 1.807) is 19.2 Å². The maximum Gasteiger partial charge on any atom is 0.292 e. The van der Waals surface area contributed by atoms with Crippen molar-refractivity contribution in [2.75, 3.05) is 20.3 Å². The quantitative estimate of drug-likeness (QED) is 0.259. The number of fused-ring (bicyclic) bond motifs is 1. The number of Topliss-reactive ketones (excluding diaryl/α,β-unsaturated/α-hetero) is 1. The van der Waals surface area contributed by atoms with Crippen LogP contribution in [0.2, 0.25) is 0 Å². The number of aryl methyl sites for hydroxylation is 1. The summed E-state index contributed by atoms with van der Waals surface area (Å²) in [6, 6.07) is 24.4. The monoisotopic (exact) mass is 428 g/mol. The van der Waals surface area contributed by atoms with Crippen LogP contribution in [-0.4, -0.2) is 36.5 Å². The molecule has 0 atom stereocenters. The number of nitrogens with one attached hydrogen (secondary N) is 1. The maximum absolute atomic E-state index is 13.2. The van der Waals surface area contributed by atoms with Gasteiger partial charge in [0, 0.05) is 24.0 Å². The molecule has 0 aliphatic carbocycles. The molecule has 0 aliphatic rings. The Bertz CT molecular complexity index is 1260. The molecule has 0 bridgehead atoms. The molecule has 6 nitrogen and oxygen atoms in total. The van der Waals surface area contributed by atoms with Crippen molar-refractivity contribution in [2.24, 2.45) is 7.05 Å². The van der Waals surface area contributed by atoms with Gasteiger partial charge < -0.3 is 19.4 Å².